The Labute approximate surface area is 176 Å². The van der Waals surface area contributed by atoms with Crippen LogP contribution in [0.2, 0.25) is 0 Å². The molecule has 2 N–H and O–H groups in total. The minimum Gasteiger partial charge on any atom is -0.360 e. The van der Waals surface area contributed by atoms with E-state index in [1.807, 2.05) is 38.1 Å². The average molecular weight is 414 g/mol. The van der Waals surface area contributed by atoms with E-state index in [1.165, 1.54) is 23.0 Å². The Kier molecular flexibility index (Phi) is 4.47. The molecule has 0 saturated carbocycles. The van der Waals surface area contributed by atoms with Crippen LogP contribution in [-0.2, 0) is 0 Å². The van der Waals surface area contributed by atoms with Crippen LogP contribution < -0.4 is 10.9 Å². The molecular formula is C23H19FN6O. The van der Waals surface area contributed by atoms with Gasteiger partial charge in [0.1, 0.15) is 29.4 Å². The second-order valence-corrected chi connectivity index (χ2v) is 7.38. The topological polar surface area (TPSA) is 88.5 Å². The molecule has 1 unspecified atom stereocenters. The Bertz CT molecular complexity index is 1470. The summed E-state index contributed by atoms with van der Waals surface area (Å²) in [5.74, 6) is 0.755. The molecule has 0 amide bonds. The minimum absolute atomic E-state index is 0.201. The molecule has 0 aliphatic rings. The number of aromatic nitrogens is 5. The lowest BCUT2D eigenvalue weighted by molar-refractivity contribution is 0.626. The molecule has 3 heterocycles. The Hall–Kier alpha value is -4.07. The number of hydrogen-bond acceptors (Lipinski definition) is 5. The summed E-state index contributed by atoms with van der Waals surface area (Å²) < 4.78 is 15.1. The second-order valence-electron chi connectivity index (χ2n) is 7.38. The van der Waals surface area contributed by atoms with Crippen LogP contribution >= 0.6 is 0 Å². The van der Waals surface area contributed by atoms with Crippen molar-refractivity contribution in [2.75, 3.05) is 5.32 Å². The van der Waals surface area contributed by atoms with Crippen molar-refractivity contribution in [2.45, 2.75) is 19.9 Å². The minimum atomic E-state index is -0.379. The fourth-order valence-electron chi connectivity index (χ4n) is 3.80. The predicted octanol–water partition coefficient (Wildman–Crippen LogP) is 4.28. The van der Waals surface area contributed by atoms with Gasteiger partial charge in [-0.3, -0.25) is 9.36 Å². The van der Waals surface area contributed by atoms with Crippen molar-refractivity contribution >= 4 is 27.8 Å². The number of anilines is 1. The van der Waals surface area contributed by atoms with Gasteiger partial charge in [0.05, 0.1) is 28.0 Å². The number of aromatic amines is 1. The van der Waals surface area contributed by atoms with Crippen LogP contribution in [0.4, 0.5) is 10.2 Å². The standard InChI is InChI=1S/C23H19FN6O/c1-13-4-3-5-18-19(13)23(31)30(16-8-6-15(24)7-9-16)22(29-18)14(2)28-21-17-10-11-25-20(17)26-12-27-21/h3-12,14H,1-2H3,(H2,25,26,27,28). The van der Waals surface area contributed by atoms with Crippen LogP contribution in [-0.4, -0.2) is 24.5 Å². The van der Waals surface area contributed by atoms with E-state index >= 15 is 0 Å². The molecule has 0 aliphatic heterocycles. The smallest absolute Gasteiger partial charge is 0.266 e. The van der Waals surface area contributed by atoms with Crippen LogP contribution in [0.5, 0.6) is 0 Å². The fraction of sp³-hybridized carbons (Fsp3) is 0.130. The summed E-state index contributed by atoms with van der Waals surface area (Å²) in [5, 5.41) is 4.72. The molecular weight excluding hydrogens is 395 g/mol. The van der Waals surface area contributed by atoms with E-state index in [-0.39, 0.29) is 17.4 Å². The summed E-state index contributed by atoms with van der Waals surface area (Å²) in [7, 11) is 0. The van der Waals surface area contributed by atoms with Gasteiger partial charge in [-0.2, -0.15) is 0 Å². The van der Waals surface area contributed by atoms with Gasteiger partial charge >= 0.3 is 0 Å². The zero-order chi connectivity index (χ0) is 21.5. The molecule has 0 bridgehead atoms. The van der Waals surface area contributed by atoms with E-state index in [0.717, 1.165) is 10.9 Å². The van der Waals surface area contributed by atoms with Gasteiger partial charge in [0, 0.05) is 6.20 Å². The lowest BCUT2D eigenvalue weighted by Crippen LogP contribution is -2.28. The molecule has 1 atom stereocenters. The van der Waals surface area contributed by atoms with Crippen molar-refractivity contribution in [1.29, 1.82) is 0 Å². The van der Waals surface area contributed by atoms with Gasteiger partial charge in [-0.1, -0.05) is 12.1 Å². The van der Waals surface area contributed by atoms with Gasteiger partial charge in [0.2, 0.25) is 0 Å². The lowest BCUT2D eigenvalue weighted by Gasteiger charge is -2.20. The van der Waals surface area contributed by atoms with Crippen LogP contribution in [0.1, 0.15) is 24.4 Å². The first kappa shape index (κ1) is 18.9. The number of H-pyrrole nitrogens is 1. The highest BCUT2D eigenvalue weighted by molar-refractivity contribution is 5.87. The summed E-state index contributed by atoms with van der Waals surface area (Å²) >= 11 is 0. The normalized spacial score (nSPS) is 12.4. The third-order valence-corrected chi connectivity index (χ3v) is 5.31. The number of nitrogens with one attached hydrogen (secondary N) is 2. The Morgan fingerprint density at radius 3 is 2.71 bits per heavy atom. The molecule has 0 spiro atoms. The first-order valence-electron chi connectivity index (χ1n) is 9.86. The van der Waals surface area contributed by atoms with E-state index in [4.69, 9.17) is 4.98 Å². The van der Waals surface area contributed by atoms with Gasteiger partial charge < -0.3 is 10.3 Å². The lowest BCUT2D eigenvalue weighted by atomic mass is 10.1. The first-order valence-corrected chi connectivity index (χ1v) is 9.86. The second kappa shape index (κ2) is 7.32. The third-order valence-electron chi connectivity index (χ3n) is 5.31. The molecule has 0 radical (unpaired) electrons. The maximum atomic E-state index is 13.6. The number of hydrogen-bond donors (Lipinski definition) is 2. The summed E-state index contributed by atoms with van der Waals surface area (Å²) in [5.41, 5.74) is 2.50. The van der Waals surface area contributed by atoms with Crippen LogP contribution in [0.3, 0.4) is 0 Å². The van der Waals surface area contributed by atoms with E-state index in [0.29, 0.717) is 33.9 Å². The monoisotopic (exact) mass is 414 g/mol. The van der Waals surface area contributed by atoms with Gasteiger partial charge in [-0.15, -0.1) is 0 Å². The summed E-state index contributed by atoms with van der Waals surface area (Å²) in [6, 6.07) is 12.9. The van der Waals surface area contributed by atoms with Crippen molar-refractivity contribution in [2.24, 2.45) is 0 Å². The van der Waals surface area contributed by atoms with Crippen molar-refractivity contribution < 1.29 is 4.39 Å². The third kappa shape index (κ3) is 3.22. The highest BCUT2D eigenvalue weighted by Gasteiger charge is 2.20. The van der Waals surface area contributed by atoms with E-state index in [1.54, 1.807) is 18.3 Å². The van der Waals surface area contributed by atoms with Crippen molar-refractivity contribution in [3.63, 3.8) is 0 Å². The molecule has 3 aromatic heterocycles. The van der Waals surface area contributed by atoms with E-state index in [9.17, 15) is 9.18 Å². The van der Waals surface area contributed by atoms with Crippen LogP contribution in [0, 0.1) is 12.7 Å². The largest absolute Gasteiger partial charge is 0.360 e. The molecule has 5 rings (SSSR count). The molecule has 31 heavy (non-hydrogen) atoms. The summed E-state index contributed by atoms with van der Waals surface area (Å²) in [6.07, 6.45) is 3.26. The number of rotatable bonds is 4. The van der Waals surface area contributed by atoms with Crippen molar-refractivity contribution in [1.82, 2.24) is 24.5 Å². The van der Waals surface area contributed by atoms with Crippen molar-refractivity contribution in [3.05, 3.63) is 88.6 Å². The van der Waals surface area contributed by atoms with Gasteiger partial charge in [-0.25, -0.2) is 19.3 Å². The molecule has 8 heteroatoms. The number of nitrogens with zero attached hydrogens (tertiary/aromatic N) is 4. The number of aryl methyl sites for hydroxylation is 1. The maximum Gasteiger partial charge on any atom is 0.266 e. The van der Waals surface area contributed by atoms with Gasteiger partial charge in [0.15, 0.2) is 0 Å². The molecule has 5 aromatic rings. The van der Waals surface area contributed by atoms with Gasteiger partial charge in [-0.05, 0) is 55.8 Å². The zero-order valence-corrected chi connectivity index (χ0v) is 16.9. The molecule has 0 fully saturated rings. The summed E-state index contributed by atoms with van der Waals surface area (Å²) in [6.45, 7) is 3.79. The molecule has 154 valence electrons. The molecule has 7 nitrogen and oxygen atoms in total. The Morgan fingerprint density at radius 2 is 1.90 bits per heavy atom. The summed E-state index contributed by atoms with van der Waals surface area (Å²) in [4.78, 5) is 30.0. The fourth-order valence-corrected chi connectivity index (χ4v) is 3.80. The number of halogens is 1. The Morgan fingerprint density at radius 1 is 1.10 bits per heavy atom. The molecule has 0 saturated heterocycles. The van der Waals surface area contributed by atoms with E-state index < -0.39 is 0 Å². The highest BCUT2D eigenvalue weighted by atomic mass is 19.1. The van der Waals surface area contributed by atoms with E-state index in [2.05, 4.69) is 20.3 Å². The first-order chi connectivity index (χ1) is 15.0. The Balaban J connectivity index is 1.71. The van der Waals surface area contributed by atoms with Crippen LogP contribution in [0.25, 0.3) is 27.6 Å². The molecule has 2 aromatic carbocycles. The number of benzene rings is 2. The van der Waals surface area contributed by atoms with Crippen molar-refractivity contribution in [3.8, 4) is 5.69 Å². The van der Waals surface area contributed by atoms with Crippen LogP contribution in [0.15, 0.2) is 65.8 Å². The number of fused-ring (bicyclic) bond motifs is 2. The highest BCUT2D eigenvalue weighted by Crippen LogP contribution is 2.25. The molecule has 0 aliphatic carbocycles. The quantitative estimate of drug-likeness (QED) is 0.458. The average Bonchev–Trinajstić information content (AvgIpc) is 3.24. The zero-order valence-electron chi connectivity index (χ0n) is 16.9. The predicted molar refractivity (Wildman–Crippen MR) is 118 cm³/mol. The van der Waals surface area contributed by atoms with Gasteiger partial charge in [0.25, 0.3) is 5.56 Å². The SMILES string of the molecule is Cc1cccc2nc(C(C)Nc3ncnc4[nH]ccc34)n(-c3ccc(F)cc3)c(=O)c12. The maximum absolute atomic E-state index is 13.6.